The molecule has 0 radical (unpaired) electrons. The molecule has 0 spiro atoms. The molecule has 21 heavy (non-hydrogen) atoms. The molecule has 2 aromatic carbocycles. The number of rotatable bonds is 4. The first-order valence-electron chi connectivity index (χ1n) is 6.55. The van der Waals surface area contributed by atoms with E-state index in [1.165, 1.54) is 6.07 Å². The van der Waals surface area contributed by atoms with E-state index in [1.54, 1.807) is 17.8 Å². The monoisotopic (exact) mass is 320 g/mol. The maximum absolute atomic E-state index is 13.4. The number of benzene rings is 2. The second-order valence-electron chi connectivity index (χ2n) is 4.73. The molecular weight excluding hydrogens is 307 g/mol. The van der Waals surface area contributed by atoms with E-state index >= 15 is 0 Å². The Bertz CT molecular complexity index is 785. The minimum atomic E-state index is -0.213. The zero-order chi connectivity index (χ0) is 14.8. The van der Waals surface area contributed by atoms with Gasteiger partial charge in [-0.25, -0.2) is 4.39 Å². The minimum absolute atomic E-state index is 0.213. The van der Waals surface area contributed by atoms with Crippen molar-refractivity contribution in [3.05, 3.63) is 59.0 Å². The molecular formula is C16H14ClFN2S. The third-order valence-corrected chi connectivity index (χ3v) is 4.63. The fourth-order valence-corrected chi connectivity index (χ4v) is 3.46. The van der Waals surface area contributed by atoms with Crippen LogP contribution in [0.5, 0.6) is 0 Å². The van der Waals surface area contributed by atoms with Crippen LogP contribution in [-0.2, 0) is 6.54 Å². The van der Waals surface area contributed by atoms with Crippen LogP contribution in [0.25, 0.3) is 10.9 Å². The molecule has 0 bridgehead atoms. The van der Waals surface area contributed by atoms with Gasteiger partial charge >= 0.3 is 0 Å². The highest BCUT2D eigenvalue weighted by molar-refractivity contribution is 7.99. The van der Waals surface area contributed by atoms with Crippen LogP contribution in [0.1, 0.15) is 5.56 Å². The zero-order valence-electron chi connectivity index (χ0n) is 11.4. The molecule has 1 heterocycles. The van der Waals surface area contributed by atoms with Crippen molar-refractivity contribution in [1.82, 2.24) is 10.3 Å². The highest BCUT2D eigenvalue weighted by Gasteiger charge is 2.10. The molecule has 0 aliphatic heterocycles. The Morgan fingerprint density at radius 1 is 1.19 bits per heavy atom. The Morgan fingerprint density at radius 2 is 2.05 bits per heavy atom. The molecule has 3 aromatic rings. The summed E-state index contributed by atoms with van der Waals surface area (Å²) in [5.74, 6) is -0.213. The van der Waals surface area contributed by atoms with E-state index in [0.29, 0.717) is 11.6 Å². The van der Waals surface area contributed by atoms with Crippen molar-refractivity contribution in [2.75, 3.05) is 7.05 Å². The van der Waals surface area contributed by atoms with E-state index in [2.05, 4.69) is 10.3 Å². The summed E-state index contributed by atoms with van der Waals surface area (Å²) in [5, 5.41) is 4.89. The standard InChI is InChI=1S/C16H14ClFN2S/c1-19-8-10-6-12(18)3-5-15(10)21-16-9-20-14-7-11(17)2-4-13(14)16/h2-7,9,19-20H,8H2,1H3. The van der Waals surface area contributed by atoms with Gasteiger partial charge < -0.3 is 10.3 Å². The second-order valence-corrected chi connectivity index (χ2v) is 6.25. The first-order valence-corrected chi connectivity index (χ1v) is 7.74. The summed E-state index contributed by atoms with van der Waals surface area (Å²) in [6, 6.07) is 10.7. The lowest BCUT2D eigenvalue weighted by Crippen LogP contribution is -2.06. The van der Waals surface area contributed by atoms with Gasteiger partial charge in [0.05, 0.1) is 0 Å². The molecule has 0 saturated heterocycles. The summed E-state index contributed by atoms with van der Waals surface area (Å²) < 4.78 is 13.4. The minimum Gasteiger partial charge on any atom is -0.360 e. The Balaban J connectivity index is 1.98. The van der Waals surface area contributed by atoms with Crippen molar-refractivity contribution in [2.24, 2.45) is 0 Å². The van der Waals surface area contributed by atoms with Crippen LogP contribution >= 0.6 is 23.4 Å². The normalized spacial score (nSPS) is 11.2. The van der Waals surface area contributed by atoms with Crippen LogP contribution in [0.4, 0.5) is 4.39 Å². The van der Waals surface area contributed by atoms with Gasteiger partial charge in [0.15, 0.2) is 0 Å². The van der Waals surface area contributed by atoms with Crippen molar-refractivity contribution in [3.8, 4) is 0 Å². The van der Waals surface area contributed by atoms with Gasteiger partial charge in [-0.15, -0.1) is 0 Å². The van der Waals surface area contributed by atoms with Crippen LogP contribution < -0.4 is 5.32 Å². The molecule has 3 rings (SSSR count). The predicted octanol–water partition coefficient (Wildman–Crippen LogP) is 4.83. The third-order valence-electron chi connectivity index (χ3n) is 3.22. The molecule has 2 N–H and O–H groups in total. The molecule has 1 aromatic heterocycles. The van der Waals surface area contributed by atoms with Gasteiger partial charge in [-0.3, -0.25) is 0 Å². The zero-order valence-corrected chi connectivity index (χ0v) is 13.0. The van der Waals surface area contributed by atoms with E-state index in [4.69, 9.17) is 11.6 Å². The number of fused-ring (bicyclic) bond motifs is 1. The van der Waals surface area contributed by atoms with Crippen LogP contribution in [0, 0.1) is 5.82 Å². The third kappa shape index (κ3) is 3.07. The largest absolute Gasteiger partial charge is 0.360 e. The first kappa shape index (κ1) is 14.4. The highest BCUT2D eigenvalue weighted by Crippen LogP contribution is 2.36. The van der Waals surface area contributed by atoms with Gasteiger partial charge in [0.2, 0.25) is 0 Å². The van der Waals surface area contributed by atoms with E-state index in [-0.39, 0.29) is 5.82 Å². The van der Waals surface area contributed by atoms with Crippen LogP contribution in [0.3, 0.4) is 0 Å². The summed E-state index contributed by atoms with van der Waals surface area (Å²) in [6.45, 7) is 0.633. The maximum atomic E-state index is 13.4. The maximum Gasteiger partial charge on any atom is 0.123 e. The lowest BCUT2D eigenvalue weighted by molar-refractivity contribution is 0.621. The Morgan fingerprint density at radius 3 is 2.86 bits per heavy atom. The number of hydrogen-bond donors (Lipinski definition) is 2. The van der Waals surface area contributed by atoms with Crippen molar-refractivity contribution in [1.29, 1.82) is 0 Å². The van der Waals surface area contributed by atoms with Crippen molar-refractivity contribution in [3.63, 3.8) is 0 Å². The summed E-state index contributed by atoms with van der Waals surface area (Å²) in [6.07, 6.45) is 1.96. The molecule has 0 atom stereocenters. The number of hydrogen-bond acceptors (Lipinski definition) is 2. The Kier molecular flexibility index (Phi) is 4.19. The van der Waals surface area contributed by atoms with E-state index in [1.807, 2.05) is 37.5 Å². The van der Waals surface area contributed by atoms with Gasteiger partial charge in [-0.2, -0.15) is 0 Å². The lowest BCUT2D eigenvalue weighted by Gasteiger charge is -2.08. The molecule has 0 amide bonds. The van der Waals surface area contributed by atoms with Gasteiger partial charge in [0, 0.05) is 38.5 Å². The lowest BCUT2D eigenvalue weighted by atomic mass is 10.2. The number of halogens is 2. The number of H-pyrrole nitrogens is 1. The van der Waals surface area contributed by atoms with Gasteiger partial charge in [-0.1, -0.05) is 29.4 Å². The summed E-state index contributed by atoms with van der Waals surface area (Å²) in [7, 11) is 1.85. The summed E-state index contributed by atoms with van der Waals surface area (Å²) in [5.41, 5.74) is 1.95. The topological polar surface area (TPSA) is 27.8 Å². The molecule has 0 fully saturated rings. The average molecular weight is 321 g/mol. The van der Waals surface area contributed by atoms with Crippen LogP contribution in [0.15, 0.2) is 52.4 Å². The average Bonchev–Trinajstić information content (AvgIpc) is 2.84. The van der Waals surface area contributed by atoms with Crippen molar-refractivity contribution >= 4 is 34.3 Å². The second kappa shape index (κ2) is 6.10. The Labute approximate surface area is 131 Å². The van der Waals surface area contributed by atoms with E-state index in [0.717, 1.165) is 26.3 Å². The molecule has 108 valence electrons. The molecule has 5 heteroatoms. The van der Waals surface area contributed by atoms with Crippen molar-refractivity contribution in [2.45, 2.75) is 16.3 Å². The number of nitrogens with one attached hydrogen (secondary N) is 2. The fourth-order valence-electron chi connectivity index (χ4n) is 2.25. The van der Waals surface area contributed by atoms with Crippen LogP contribution in [0.2, 0.25) is 5.02 Å². The fraction of sp³-hybridized carbons (Fsp3) is 0.125. The van der Waals surface area contributed by atoms with Gasteiger partial charge in [0.1, 0.15) is 5.82 Å². The number of aromatic nitrogens is 1. The predicted molar refractivity (Wildman–Crippen MR) is 86.6 cm³/mol. The Hall–Kier alpha value is -1.49. The number of aromatic amines is 1. The van der Waals surface area contributed by atoms with E-state index in [9.17, 15) is 4.39 Å². The highest BCUT2D eigenvalue weighted by atomic mass is 35.5. The SMILES string of the molecule is CNCc1cc(F)ccc1Sc1c[nH]c2cc(Cl)ccc12. The molecule has 0 saturated carbocycles. The molecule has 2 nitrogen and oxygen atoms in total. The van der Waals surface area contributed by atoms with Crippen LogP contribution in [-0.4, -0.2) is 12.0 Å². The first-order chi connectivity index (χ1) is 10.2. The molecule has 0 unspecified atom stereocenters. The van der Waals surface area contributed by atoms with Crippen molar-refractivity contribution < 1.29 is 4.39 Å². The smallest absolute Gasteiger partial charge is 0.123 e. The summed E-state index contributed by atoms with van der Waals surface area (Å²) in [4.78, 5) is 5.36. The molecule has 0 aliphatic carbocycles. The van der Waals surface area contributed by atoms with Gasteiger partial charge in [0.25, 0.3) is 0 Å². The van der Waals surface area contributed by atoms with Gasteiger partial charge in [-0.05, 0) is 42.9 Å². The molecule has 0 aliphatic rings. The van der Waals surface area contributed by atoms with E-state index < -0.39 is 0 Å². The quantitative estimate of drug-likeness (QED) is 0.720. The summed E-state index contributed by atoms with van der Waals surface area (Å²) >= 11 is 7.62.